The third-order valence-electron chi connectivity index (χ3n) is 16.5. The third kappa shape index (κ3) is 21.8. The first-order valence-corrected chi connectivity index (χ1v) is 34.7. The van der Waals surface area contributed by atoms with Gasteiger partial charge in [-0.05, 0) is 76.3 Å². The predicted octanol–water partition coefficient (Wildman–Crippen LogP) is 3.39. The van der Waals surface area contributed by atoms with Crippen molar-refractivity contribution < 1.29 is 97.3 Å². The van der Waals surface area contributed by atoms with Gasteiger partial charge in [-0.15, -0.1) is 0 Å². The van der Waals surface area contributed by atoms with Crippen molar-refractivity contribution in [2.75, 3.05) is 49.3 Å². The first-order chi connectivity index (χ1) is 46.1. The Hall–Kier alpha value is -7.44. The summed E-state index contributed by atoms with van der Waals surface area (Å²) in [4.78, 5) is 103. The first kappa shape index (κ1) is 75.9. The summed E-state index contributed by atoms with van der Waals surface area (Å²) in [6, 6.07) is 37.0. The van der Waals surface area contributed by atoms with E-state index < -0.39 is 138 Å². The van der Waals surface area contributed by atoms with Gasteiger partial charge in [-0.25, -0.2) is 4.79 Å². The average molecular weight is 1370 g/mol. The molecular formula is C70H86N4O20S2. The Balaban J connectivity index is 0.786. The summed E-state index contributed by atoms with van der Waals surface area (Å²) >= 11 is 1.47. The zero-order chi connectivity index (χ0) is 69.4. The van der Waals surface area contributed by atoms with E-state index >= 15 is 0 Å². The fourth-order valence-electron chi connectivity index (χ4n) is 11.1. The van der Waals surface area contributed by atoms with Crippen LogP contribution in [0.2, 0.25) is 0 Å². The number of aliphatic hydroxyl groups is 6. The molecule has 24 nitrogen and oxygen atoms in total. The lowest BCUT2D eigenvalue weighted by Gasteiger charge is -2.46. The van der Waals surface area contributed by atoms with Crippen molar-refractivity contribution in [3.8, 4) is 22.3 Å². The van der Waals surface area contributed by atoms with Gasteiger partial charge in [-0.3, -0.25) is 37.8 Å². The van der Waals surface area contributed by atoms with Crippen LogP contribution in [0.25, 0.3) is 22.3 Å². The van der Waals surface area contributed by atoms with Gasteiger partial charge in [0.2, 0.25) is 23.5 Å². The molecule has 0 saturated carbocycles. The number of hydrogen-bond donors (Lipinski definition) is 11. The number of carboxylic acid groups (broad SMARTS) is 1. The van der Waals surface area contributed by atoms with Crippen molar-refractivity contribution in [3.05, 3.63) is 156 Å². The fraction of sp³-hybridized carbons (Fsp3) is 0.457. The Morgan fingerprint density at radius 3 is 1.70 bits per heavy atom. The van der Waals surface area contributed by atoms with E-state index in [1.54, 1.807) is 38.1 Å². The fourth-order valence-corrected chi connectivity index (χ4v) is 12.9. The molecule has 5 aromatic rings. The number of nitrogens with one attached hydrogen (secondary N) is 4. The molecule has 1 unspecified atom stereocenters. The second-order valence-electron chi connectivity index (χ2n) is 23.6. The highest BCUT2D eigenvalue weighted by molar-refractivity contribution is 7.99. The summed E-state index contributed by atoms with van der Waals surface area (Å²) in [6.45, 7) is 2.32. The van der Waals surface area contributed by atoms with E-state index in [2.05, 4.69) is 21.3 Å². The minimum absolute atomic E-state index is 0.00542. The number of Topliss-reactive ketones (excluding diaryl/α,β-unsaturated/α-hetero) is 2. The minimum atomic E-state index is -2.52. The van der Waals surface area contributed by atoms with Gasteiger partial charge in [0.05, 0.1) is 50.0 Å². The standard InChI is InChI=1S/C70H86N4O20S2/c1-3-57(81)73-60-54(78)40-69(43-75,93-65(60)63(85)56(80)42-72-59(83)39-45-21-25-49(26-22-45)47-16-9-6-10-17-47)91-33-13-36-96(90)37-31-71-67(87)51-29-27-50(28-30-51)52(76)18-11-34-95-35-12-32-92-70(68(88)89)41-55(79)61(74-58(82)4-2)66(94-70)64(86)62(84)53(77)38-44-19-23-48(24-20-44)46-14-7-5-8-15-46/h5-10,14-17,19-30,43,54-56,60-66,78-80,84-86H,3-4,11-13,18,31-42H2,1-2H3,(H,71,87)(H,72,83)(H,73,81)(H,74,82)(H,88,89)/t54-,55-,56+,60+,61+,62+,63+,64+,65+,66+,69+,70+,96?/m0/s1. The molecule has 11 N–H and O–H groups in total. The van der Waals surface area contributed by atoms with E-state index in [0.717, 1.165) is 22.3 Å². The van der Waals surface area contributed by atoms with Crippen LogP contribution in [0.3, 0.4) is 0 Å². The molecular weight excluding hydrogens is 1280 g/mol. The smallest absolute Gasteiger partial charge is 0.364 e. The van der Waals surface area contributed by atoms with Gasteiger partial charge in [0.25, 0.3) is 11.7 Å². The SMILES string of the molecule is CCC(=O)N[C@H]1[C@H]([C@H](O)[C@H](O)CNC(=O)Cc2ccc(-c3ccccc3)cc2)O[C@](C=O)(OCCCS(=O)CCNC(=O)c2ccc(C(=O)CCCSCCCO[C@]3(C(=O)O)C[C@H](O)[C@@H](NC(=O)CC)[C@H]([C@H](O)[C@H](O)C(=O)Cc4ccc(-c5ccccc5)cc4)O3)cc2)C[C@@H]1O. The third-order valence-corrected chi connectivity index (χ3v) is 19.0. The largest absolute Gasteiger partial charge is 0.477 e. The van der Waals surface area contributed by atoms with Crippen LogP contribution in [-0.4, -0.2) is 209 Å². The Morgan fingerprint density at radius 1 is 0.615 bits per heavy atom. The van der Waals surface area contributed by atoms with Crippen molar-refractivity contribution in [2.45, 2.75) is 151 Å². The van der Waals surface area contributed by atoms with Gasteiger partial charge < -0.3 is 76.0 Å². The van der Waals surface area contributed by atoms with E-state index in [1.165, 1.54) is 36.0 Å². The highest BCUT2D eigenvalue weighted by Gasteiger charge is 2.57. The Kier molecular flexibility index (Phi) is 29.5. The van der Waals surface area contributed by atoms with Gasteiger partial charge in [0.1, 0.15) is 30.5 Å². The molecule has 518 valence electrons. The molecule has 0 spiro atoms. The van der Waals surface area contributed by atoms with Gasteiger partial charge in [-0.2, -0.15) is 11.8 Å². The van der Waals surface area contributed by atoms with Crippen LogP contribution in [0, 0.1) is 0 Å². The number of carbonyl (C=O) groups is 8. The van der Waals surface area contributed by atoms with Gasteiger partial charge in [0, 0.05) is 85.0 Å². The highest BCUT2D eigenvalue weighted by atomic mass is 32.2. The number of amides is 4. The molecule has 2 aliphatic heterocycles. The Morgan fingerprint density at radius 2 is 1.14 bits per heavy atom. The number of aliphatic carboxylic acids is 1. The quantitative estimate of drug-likeness (QED) is 0.0153. The summed E-state index contributed by atoms with van der Waals surface area (Å²) in [5, 5.41) is 88.2. The van der Waals surface area contributed by atoms with Crippen LogP contribution < -0.4 is 21.3 Å². The van der Waals surface area contributed by atoms with E-state index in [0.29, 0.717) is 47.3 Å². The molecule has 5 aromatic carbocycles. The summed E-state index contributed by atoms with van der Waals surface area (Å²) in [5.74, 6) is -8.14. The van der Waals surface area contributed by atoms with Crippen LogP contribution in [0.4, 0.5) is 0 Å². The zero-order valence-electron chi connectivity index (χ0n) is 53.5. The maximum absolute atomic E-state index is 13.4. The number of ether oxygens (including phenoxy) is 4. The summed E-state index contributed by atoms with van der Waals surface area (Å²) < 4.78 is 36.4. The molecule has 2 saturated heterocycles. The number of benzene rings is 5. The van der Waals surface area contributed by atoms with Crippen LogP contribution >= 0.6 is 11.8 Å². The number of thioether (sulfide) groups is 1. The molecule has 4 amide bonds. The number of rotatable bonds is 38. The molecule has 2 heterocycles. The Bertz CT molecular complexity index is 3390. The number of carboxylic acids is 1. The van der Waals surface area contributed by atoms with Crippen LogP contribution in [0.1, 0.15) is 97.1 Å². The van der Waals surface area contributed by atoms with Crippen molar-refractivity contribution in [2.24, 2.45) is 0 Å². The summed E-state index contributed by atoms with van der Waals surface area (Å²) in [5.41, 5.74) is 5.69. The van der Waals surface area contributed by atoms with E-state index in [1.807, 2.05) is 84.9 Å². The minimum Gasteiger partial charge on any atom is -0.477 e. The van der Waals surface area contributed by atoms with Gasteiger partial charge >= 0.3 is 5.97 Å². The highest BCUT2D eigenvalue weighted by Crippen LogP contribution is 2.36. The second-order valence-corrected chi connectivity index (χ2v) is 26.5. The molecule has 7 rings (SSSR count). The number of hydrogen-bond acceptors (Lipinski definition) is 20. The molecule has 0 aliphatic carbocycles. The molecule has 13 atom stereocenters. The van der Waals surface area contributed by atoms with E-state index in [9.17, 15) is 78.3 Å². The van der Waals surface area contributed by atoms with Gasteiger partial charge in [0.15, 0.2) is 17.9 Å². The number of aliphatic hydroxyl groups excluding tert-OH is 6. The van der Waals surface area contributed by atoms with Crippen LogP contribution in [0.5, 0.6) is 0 Å². The van der Waals surface area contributed by atoms with Crippen LogP contribution in [0.15, 0.2) is 133 Å². The summed E-state index contributed by atoms with van der Waals surface area (Å²) in [7, 11) is -1.47. The molecule has 96 heavy (non-hydrogen) atoms. The van der Waals surface area contributed by atoms with Crippen molar-refractivity contribution >= 4 is 70.0 Å². The first-order valence-electron chi connectivity index (χ1n) is 32.0. The Labute approximate surface area is 563 Å². The molecule has 2 aliphatic rings. The molecule has 2 fully saturated rings. The monoisotopic (exact) mass is 1370 g/mol. The zero-order valence-corrected chi connectivity index (χ0v) is 55.2. The second kappa shape index (κ2) is 37.3. The van der Waals surface area contributed by atoms with E-state index in [4.69, 9.17) is 18.9 Å². The lowest BCUT2D eigenvalue weighted by Crippen LogP contribution is -2.68. The molecule has 0 bridgehead atoms. The van der Waals surface area contributed by atoms with E-state index in [-0.39, 0.29) is 81.1 Å². The predicted molar refractivity (Wildman–Crippen MR) is 356 cm³/mol. The topological polar surface area (TPSA) is 380 Å². The molecule has 26 heteroatoms. The number of carbonyl (C=O) groups excluding carboxylic acids is 7. The van der Waals surface area contributed by atoms with Crippen molar-refractivity contribution in [1.82, 2.24) is 21.3 Å². The van der Waals surface area contributed by atoms with Gasteiger partial charge in [-0.1, -0.05) is 135 Å². The maximum Gasteiger partial charge on any atom is 0.364 e. The van der Waals surface area contributed by atoms with Crippen LogP contribution in [-0.2, 0) is 71.4 Å². The average Bonchev–Trinajstić information content (AvgIpc) is 0.775. The summed E-state index contributed by atoms with van der Waals surface area (Å²) in [6.07, 6.45) is -14.3. The molecule has 0 radical (unpaired) electrons. The molecule has 0 aromatic heterocycles. The van der Waals surface area contributed by atoms with Crippen molar-refractivity contribution in [3.63, 3.8) is 0 Å². The van der Waals surface area contributed by atoms with Crippen molar-refractivity contribution in [1.29, 1.82) is 0 Å². The lowest BCUT2D eigenvalue weighted by molar-refractivity contribution is -0.309. The lowest BCUT2D eigenvalue weighted by atomic mass is 9.87. The maximum atomic E-state index is 13.4. The number of aldehydes is 1. The number of ketones is 2. The normalized spacial score (nSPS) is 22.5.